The van der Waals surface area contributed by atoms with E-state index in [4.69, 9.17) is 9.47 Å². The molecule has 0 amide bonds. The van der Waals surface area contributed by atoms with E-state index in [1.165, 1.54) is 18.9 Å². The molecule has 0 radical (unpaired) electrons. The average molecular weight is 290 g/mol. The summed E-state index contributed by atoms with van der Waals surface area (Å²) in [5.74, 6) is 1.03. The summed E-state index contributed by atoms with van der Waals surface area (Å²) in [5.41, 5.74) is 1.19. The molecule has 2 rings (SSSR count). The van der Waals surface area contributed by atoms with Crippen LogP contribution in [0.1, 0.15) is 63.9 Å². The maximum Gasteiger partial charge on any atom is 0.302 e. The molecule has 1 fully saturated rings. The van der Waals surface area contributed by atoms with E-state index in [1.54, 1.807) is 0 Å². The highest BCUT2D eigenvalue weighted by atomic mass is 16.5. The zero-order valence-corrected chi connectivity index (χ0v) is 13.1. The third kappa shape index (κ3) is 4.48. The van der Waals surface area contributed by atoms with Gasteiger partial charge in [-0.1, -0.05) is 38.0 Å². The summed E-state index contributed by atoms with van der Waals surface area (Å²) in [6.07, 6.45) is 6.51. The van der Waals surface area contributed by atoms with Crippen molar-refractivity contribution in [3.05, 3.63) is 29.8 Å². The van der Waals surface area contributed by atoms with Crippen LogP contribution in [0.2, 0.25) is 0 Å². The van der Waals surface area contributed by atoms with Crippen LogP contribution in [0, 0.1) is 0 Å². The first-order valence-corrected chi connectivity index (χ1v) is 8.11. The van der Waals surface area contributed by atoms with E-state index in [-0.39, 0.29) is 18.0 Å². The number of para-hydroxylation sites is 1. The third-order valence-corrected chi connectivity index (χ3v) is 4.09. The van der Waals surface area contributed by atoms with Crippen molar-refractivity contribution in [2.24, 2.45) is 0 Å². The first-order valence-electron chi connectivity index (χ1n) is 8.11. The van der Waals surface area contributed by atoms with Crippen LogP contribution in [0.15, 0.2) is 24.3 Å². The first-order chi connectivity index (χ1) is 10.2. The van der Waals surface area contributed by atoms with Crippen molar-refractivity contribution < 1.29 is 14.3 Å². The zero-order chi connectivity index (χ0) is 15.1. The number of carbonyl (C=O) groups excluding carboxylic acids is 1. The van der Waals surface area contributed by atoms with Gasteiger partial charge in [-0.15, -0.1) is 0 Å². The summed E-state index contributed by atoms with van der Waals surface area (Å²) in [5, 5.41) is 0. The zero-order valence-electron chi connectivity index (χ0n) is 13.1. The van der Waals surface area contributed by atoms with Crippen molar-refractivity contribution in [1.82, 2.24) is 0 Å². The Morgan fingerprint density at radius 3 is 2.76 bits per heavy atom. The number of esters is 1. The van der Waals surface area contributed by atoms with E-state index < -0.39 is 0 Å². The number of rotatable bonds is 6. The molecular weight excluding hydrogens is 264 g/mol. The molecule has 3 nitrogen and oxygen atoms in total. The van der Waals surface area contributed by atoms with Crippen LogP contribution in [0.4, 0.5) is 0 Å². The lowest BCUT2D eigenvalue weighted by molar-refractivity contribution is -0.148. The van der Waals surface area contributed by atoms with Crippen LogP contribution in [0.3, 0.4) is 0 Å². The van der Waals surface area contributed by atoms with E-state index >= 15 is 0 Å². The summed E-state index contributed by atoms with van der Waals surface area (Å²) in [4.78, 5) is 11.3. The Kier molecular flexibility index (Phi) is 6.09. The third-order valence-electron chi connectivity index (χ3n) is 4.09. The molecule has 1 aromatic carbocycles. The Morgan fingerprint density at radius 1 is 1.24 bits per heavy atom. The normalized spacial score (nSPS) is 21.8. The van der Waals surface area contributed by atoms with E-state index in [0.717, 1.165) is 44.5 Å². The second-order valence-electron chi connectivity index (χ2n) is 5.78. The Morgan fingerprint density at radius 2 is 2.00 bits per heavy atom. The maximum absolute atomic E-state index is 11.3. The molecule has 0 aliphatic heterocycles. The van der Waals surface area contributed by atoms with Gasteiger partial charge in [-0.05, 0) is 31.7 Å². The van der Waals surface area contributed by atoms with Gasteiger partial charge in [0, 0.05) is 18.4 Å². The standard InChI is InChI=1S/C18H26O3/c1-3-4-13-20-17-11-7-5-9-15(17)16-10-6-8-12-18(16)21-14(2)19/h5,7,9,11,16,18H,3-4,6,8,10,12-13H2,1-2H3. The quantitative estimate of drug-likeness (QED) is 0.573. The number of hydrogen-bond donors (Lipinski definition) is 0. The van der Waals surface area contributed by atoms with Crippen molar-refractivity contribution in [2.75, 3.05) is 6.61 Å². The van der Waals surface area contributed by atoms with Gasteiger partial charge in [0.1, 0.15) is 11.9 Å². The fourth-order valence-electron chi connectivity index (χ4n) is 3.05. The molecule has 0 saturated heterocycles. The lowest BCUT2D eigenvalue weighted by atomic mass is 9.81. The fourth-order valence-corrected chi connectivity index (χ4v) is 3.05. The average Bonchev–Trinajstić information content (AvgIpc) is 2.48. The minimum absolute atomic E-state index is 0.00725. The molecule has 0 spiro atoms. The van der Waals surface area contributed by atoms with Crippen molar-refractivity contribution in [1.29, 1.82) is 0 Å². The maximum atomic E-state index is 11.3. The molecular formula is C18H26O3. The topological polar surface area (TPSA) is 35.5 Å². The highest BCUT2D eigenvalue weighted by Gasteiger charge is 2.30. The molecule has 2 atom stereocenters. The van der Waals surface area contributed by atoms with Crippen molar-refractivity contribution in [3.63, 3.8) is 0 Å². The molecule has 116 valence electrons. The van der Waals surface area contributed by atoms with Gasteiger partial charge in [-0.25, -0.2) is 0 Å². The van der Waals surface area contributed by atoms with Crippen molar-refractivity contribution >= 4 is 5.97 Å². The van der Waals surface area contributed by atoms with Gasteiger partial charge in [0.15, 0.2) is 0 Å². The number of unbranched alkanes of at least 4 members (excludes halogenated alkanes) is 1. The summed E-state index contributed by atoms with van der Waals surface area (Å²) < 4.78 is 11.5. The van der Waals surface area contributed by atoms with Crippen molar-refractivity contribution in [3.8, 4) is 5.75 Å². The fraction of sp³-hybridized carbons (Fsp3) is 0.611. The van der Waals surface area contributed by atoms with Gasteiger partial charge in [0.2, 0.25) is 0 Å². The molecule has 0 bridgehead atoms. The second kappa shape index (κ2) is 8.06. The van der Waals surface area contributed by atoms with Crippen LogP contribution in [-0.4, -0.2) is 18.7 Å². The second-order valence-corrected chi connectivity index (χ2v) is 5.78. The molecule has 1 aromatic rings. The number of ether oxygens (including phenoxy) is 2. The molecule has 0 aromatic heterocycles. The Labute approximate surface area is 127 Å². The molecule has 1 aliphatic carbocycles. The number of hydrogen-bond acceptors (Lipinski definition) is 3. The minimum atomic E-state index is -0.184. The molecule has 3 heteroatoms. The summed E-state index contributed by atoms with van der Waals surface area (Å²) in [6.45, 7) is 4.40. The minimum Gasteiger partial charge on any atom is -0.493 e. The Hall–Kier alpha value is -1.51. The first kappa shape index (κ1) is 15.9. The van der Waals surface area contributed by atoms with Gasteiger partial charge in [-0.3, -0.25) is 4.79 Å². The van der Waals surface area contributed by atoms with Crippen LogP contribution >= 0.6 is 0 Å². The van der Waals surface area contributed by atoms with Gasteiger partial charge in [0.05, 0.1) is 6.61 Å². The van der Waals surface area contributed by atoms with E-state index in [1.807, 2.05) is 18.2 Å². The van der Waals surface area contributed by atoms with Gasteiger partial charge < -0.3 is 9.47 Å². The van der Waals surface area contributed by atoms with E-state index in [9.17, 15) is 4.79 Å². The summed E-state index contributed by atoms with van der Waals surface area (Å²) >= 11 is 0. The van der Waals surface area contributed by atoms with Crippen LogP contribution in [-0.2, 0) is 9.53 Å². The Balaban J connectivity index is 2.15. The predicted octanol–water partition coefficient (Wildman–Crippen LogP) is 4.45. The molecule has 21 heavy (non-hydrogen) atoms. The van der Waals surface area contributed by atoms with Crippen LogP contribution in [0.25, 0.3) is 0 Å². The highest BCUT2D eigenvalue weighted by molar-refractivity contribution is 5.66. The predicted molar refractivity (Wildman–Crippen MR) is 83.6 cm³/mol. The monoisotopic (exact) mass is 290 g/mol. The number of carbonyl (C=O) groups is 1. The van der Waals surface area contributed by atoms with Crippen LogP contribution in [0.5, 0.6) is 5.75 Å². The highest BCUT2D eigenvalue weighted by Crippen LogP contribution is 2.39. The number of benzene rings is 1. The smallest absolute Gasteiger partial charge is 0.302 e. The molecule has 2 unspecified atom stereocenters. The van der Waals surface area contributed by atoms with Crippen LogP contribution < -0.4 is 4.74 Å². The van der Waals surface area contributed by atoms with Gasteiger partial charge >= 0.3 is 5.97 Å². The lowest BCUT2D eigenvalue weighted by Gasteiger charge is -2.32. The largest absolute Gasteiger partial charge is 0.493 e. The van der Waals surface area contributed by atoms with Crippen molar-refractivity contribution in [2.45, 2.75) is 64.4 Å². The molecule has 1 saturated carbocycles. The Bertz CT molecular complexity index is 456. The molecule has 0 heterocycles. The van der Waals surface area contributed by atoms with Gasteiger partial charge in [-0.2, -0.15) is 0 Å². The van der Waals surface area contributed by atoms with Gasteiger partial charge in [0.25, 0.3) is 0 Å². The SMILES string of the molecule is CCCCOc1ccccc1C1CCCCC1OC(C)=O. The molecule has 0 N–H and O–H groups in total. The molecule has 1 aliphatic rings. The summed E-state index contributed by atoms with van der Waals surface area (Å²) in [7, 11) is 0. The van der Waals surface area contributed by atoms with E-state index in [2.05, 4.69) is 13.0 Å². The lowest BCUT2D eigenvalue weighted by Crippen LogP contribution is -2.28. The summed E-state index contributed by atoms with van der Waals surface area (Å²) in [6, 6.07) is 8.20. The van der Waals surface area contributed by atoms with E-state index in [0.29, 0.717) is 0 Å².